The number of aliphatic hydroxyl groups excluding tert-OH is 3. The molecule has 1 aliphatic heterocycles. The Bertz CT molecular complexity index is 1000. The molecular weight excluding hydrogens is 392 g/mol. The number of anilines is 2. The van der Waals surface area contributed by atoms with Crippen LogP contribution in [0, 0.1) is 0 Å². The third-order valence-electron chi connectivity index (χ3n) is 4.86. The van der Waals surface area contributed by atoms with Gasteiger partial charge in [0.2, 0.25) is 5.95 Å². The topological polar surface area (TPSA) is 161 Å². The van der Waals surface area contributed by atoms with Crippen molar-refractivity contribution in [3.05, 3.63) is 36.7 Å². The first-order valence-electron chi connectivity index (χ1n) is 9.54. The summed E-state index contributed by atoms with van der Waals surface area (Å²) in [6.45, 7) is 1.88. The van der Waals surface area contributed by atoms with E-state index in [9.17, 15) is 15.3 Å². The van der Waals surface area contributed by atoms with Crippen molar-refractivity contribution < 1.29 is 24.8 Å². The summed E-state index contributed by atoms with van der Waals surface area (Å²) < 4.78 is 12.8. The van der Waals surface area contributed by atoms with Crippen LogP contribution in [0.3, 0.4) is 0 Å². The number of nitrogens with zero attached hydrogens (tertiary/aromatic N) is 4. The molecule has 1 saturated heterocycles. The van der Waals surface area contributed by atoms with E-state index < -0.39 is 31.1 Å². The van der Waals surface area contributed by atoms with Crippen molar-refractivity contribution >= 4 is 22.9 Å². The number of aliphatic hydroxyl groups is 3. The minimum Gasteiger partial charge on any atom is -0.491 e. The highest BCUT2D eigenvalue weighted by Crippen LogP contribution is 2.32. The van der Waals surface area contributed by atoms with Crippen LogP contribution in [0.5, 0.6) is 5.75 Å². The highest BCUT2D eigenvalue weighted by atomic mass is 16.6. The lowest BCUT2D eigenvalue weighted by atomic mass is 10.1. The number of hydrogen-bond acceptors (Lipinski definition) is 10. The van der Waals surface area contributed by atoms with Crippen molar-refractivity contribution in [3.63, 3.8) is 0 Å². The van der Waals surface area contributed by atoms with E-state index in [0.717, 1.165) is 5.75 Å². The summed E-state index contributed by atoms with van der Waals surface area (Å²) in [6.07, 6.45) is -2.94. The summed E-state index contributed by atoms with van der Waals surface area (Å²) >= 11 is 0. The van der Waals surface area contributed by atoms with Crippen molar-refractivity contribution in [1.82, 2.24) is 19.5 Å². The normalized spacial score (nSPS) is 24.8. The maximum atomic E-state index is 10.3. The Morgan fingerprint density at radius 2 is 2.00 bits per heavy atom. The van der Waals surface area contributed by atoms with E-state index in [1.165, 1.54) is 10.9 Å². The zero-order valence-electron chi connectivity index (χ0n) is 16.3. The van der Waals surface area contributed by atoms with Crippen LogP contribution in [-0.4, -0.2) is 72.4 Å². The molecule has 0 spiro atoms. The molecule has 2 aromatic heterocycles. The van der Waals surface area contributed by atoms with Crippen molar-refractivity contribution in [2.45, 2.75) is 37.5 Å². The third-order valence-corrected chi connectivity index (χ3v) is 4.86. The summed E-state index contributed by atoms with van der Waals surface area (Å²) in [4.78, 5) is 12.8. The average Bonchev–Trinajstić information content (AvgIpc) is 3.28. The summed E-state index contributed by atoms with van der Waals surface area (Å²) in [6, 6.07) is 9.32. The fourth-order valence-electron chi connectivity index (χ4n) is 3.34. The molecule has 6 N–H and O–H groups in total. The SMILES string of the molecule is CC(COc1ccccc1)Nc1nc(N)nc2c1ncn2[C@@H]1O[C@H](CO)[C@@H](O)[C@H]1O. The number of benzene rings is 1. The van der Waals surface area contributed by atoms with Gasteiger partial charge in [-0.1, -0.05) is 18.2 Å². The lowest BCUT2D eigenvalue weighted by molar-refractivity contribution is -0.0511. The Hall–Kier alpha value is -2.99. The zero-order valence-corrected chi connectivity index (χ0v) is 16.3. The van der Waals surface area contributed by atoms with Crippen molar-refractivity contribution in [2.24, 2.45) is 0 Å². The van der Waals surface area contributed by atoms with Crippen LogP contribution in [0.1, 0.15) is 13.2 Å². The number of hydrogen-bond donors (Lipinski definition) is 5. The van der Waals surface area contributed by atoms with Gasteiger partial charge in [-0.05, 0) is 19.1 Å². The predicted octanol–water partition coefficient (Wildman–Crippen LogP) is -0.101. The predicted molar refractivity (Wildman–Crippen MR) is 108 cm³/mol. The third kappa shape index (κ3) is 3.87. The maximum Gasteiger partial charge on any atom is 0.224 e. The van der Waals surface area contributed by atoms with Crippen LogP contribution in [-0.2, 0) is 4.74 Å². The van der Waals surface area contributed by atoms with E-state index >= 15 is 0 Å². The molecule has 160 valence electrons. The molecule has 0 radical (unpaired) electrons. The molecule has 1 aromatic carbocycles. The minimum absolute atomic E-state index is 0.00895. The van der Waals surface area contributed by atoms with Crippen molar-refractivity contribution in [2.75, 3.05) is 24.3 Å². The quantitative estimate of drug-likeness (QED) is 0.352. The zero-order chi connectivity index (χ0) is 21.3. The summed E-state index contributed by atoms with van der Waals surface area (Å²) in [7, 11) is 0. The second-order valence-electron chi connectivity index (χ2n) is 7.15. The van der Waals surface area contributed by atoms with Crippen LogP contribution >= 0.6 is 0 Å². The molecule has 1 unspecified atom stereocenters. The van der Waals surface area contributed by atoms with Crippen LogP contribution in [0.25, 0.3) is 11.2 Å². The van der Waals surface area contributed by atoms with Gasteiger partial charge in [0, 0.05) is 0 Å². The van der Waals surface area contributed by atoms with E-state index in [4.69, 9.17) is 15.2 Å². The molecule has 11 heteroatoms. The Morgan fingerprint density at radius 3 is 2.70 bits per heavy atom. The van der Waals surface area contributed by atoms with E-state index in [1.54, 1.807) is 0 Å². The van der Waals surface area contributed by atoms with Gasteiger partial charge in [0.05, 0.1) is 19.0 Å². The van der Waals surface area contributed by atoms with E-state index in [1.807, 2.05) is 37.3 Å². The van der Waals surface area contributed by atoms with Crippen LogP contribution < -0.4 is 15.8 Å². The van der Waals surface area contributed by atoms with Gasteiger partial charge in [0.15, 0.2) is 23.2 Å². The second-order valence-corrected chi connectivity index (χ2v) is 7.15. The number of nitrogen functional groups attached to an aromatic ring is 1. The molecule has 11 nitrogen and oxygen atoms in total. The molecule has 1 fully saturated rings. The second kappa shape index (κ2) is 8.40. The molecule has 5 atom stereocenters. The van der Waals surface area contributed by atoms with Gasteiger partial charge in [-0.25, -0.2) is 4.98 Å². The fourth-order valence-corrected chi connectivity index (χ4v) is 3.34. The lowest BCUT2D eigenvalue weighted by Crippen LogP contribution is -2.33. The molecule has 3 heterocycles. The van der Waals surface area contributed by atoms with Gasteiger partial charge in [-0.3, -0.25) is 4.57 Å². The van der Waals surface area contributed by atoms with Gasteiger partial charge in [0.1, 0.15) is 30.7 Å². The maximum absolute atomic E-state index is 10.3. The monoisotopic (exact) mass is 416 g/mol. The van der Waals surface area contributed by atoms with Gasteiger partial charge < -0.3 is 35.8 Å². The molecular formula is C19H24N6O5. The number of aromatic nitrogens is 4. The molecule has 0 aliphatic carbocycles. The van der Waals surface area contributed by atoms with Crippen LogP contribution in [0.4, 0.5) is 11.8 Å². The number of nitrogens with two attached hydrogens (primary N) is 1. The van der Waals surface area contributed by atoms with E-state index in [-0.39, 0.29) is 12.0 Å². The van der Waals surface area contributed by atoms with Gasteiger partial charge >= 0.3 is 0 Å². The first-order valence-corrected chi connectivity index (χ1v) is 9.54. The fraction of sp³-hybridized carbons (Fsp3) is 0.421. The number of nitrogens with one attached hydrogen (secondary N) is 1. The van der Waals surface area contributed by atoms with Gasteiger partial charge in [-0.2, -0.15) is 9.97 Å². The number of fused-ring (bicyclic) bond motifs is 1. The molecule has 3 aromatic rings. The highest BCUT2D eigenvalue weighted by Gasteiger charge is 2.44. The Labute approximate surface area is 172 Å². The van der Waals surface area contributed by atoms with E-state index in [0.29, 0.717) is 23.6 Å². The van der Waals surface area contributed by atoms with E-state index in [2.05, 4.69) is 20.3 Å². The average molecular weight is 416 g/mol. The van der Waals surface area contributed by atoms with Crippen LogP contribution in [0.15, 0.2) is 36.7 Å². The van der Waals surface area contributed by atoms with Crippen LogP contribution in [0.2, 0.25) is 0 Å². The van der Waals surface area contributed by atoms with Gasteiger partial charge in [0.25, 0.3) is 0 Å². The number of para-hydroxylation sites is 1. The largest absolute Gasteiger partial charge is 0.491 e. The molecule has 0 amide bonds. The van der Waals surface area contributed by atoms with Gasteiger partial charge in [-0.15, -0.1) is 0 Å². The minimum atomic E-state index is -1.26. The molecule has 1 aliphatic rings. The number of imidazole rings is 1. The smallest absolute Gasteiger partial charge is 0.224 e. The number of rotatable bonds is 7. The Morgan fingerprint density at radius 1 is 1.23 bits per heavy atom. The van der Waals surface area contributed by atoms with Crippen molar-refractivity contribution in [3.8, 4) is 5.75 Å². The first kappa shape index (κ1) is 20.3. The Balaban J connectivity index is 1.55. The Kier molecular flexibility index (Phi) is 5.68. The molecule has 30 heavy (non-hydrogen) atoms. The first-order chi connectivity index (χ1) is 14.5. The summed E-state index contributed by atoms with van der Waals surface area (Å²) in [5, 5.41) is 32.9. The highest BCUT2D eigenvalue weighted by molar-refractivity contribution is 5.84. The summed E-state index contributed by atoms with van der Waals surface area (Å²) in [5.41, 5.74) is 6.63. The lowest BCUT2D eigenvalue weighted by Gasteiger charge is -2.18. The molecule has 0 saturated carbocycles. The number of ether oxygens (including phenoxy) is 2. The summed E-state index contributed by atoms with van der Waals surface area (Å²) in [5.74, 6) is 1.17. The molecule has 4 rings (SSSR count). The standard InChI is InChI=1S/C19H24N6O5/c1-10(8-29-11-5-3-2-4-6-11)22-16-13-17(24-19(20)23-16)25(9-21-13)18-15(28)14(27)12(7-26)30-18/h2-6,9-10,12,14-15,18,26-28H,7-8H2,1H3,(H3,20,22,23,24)/t10?,12-,14-,15-,18-/m1/s1. The molecule has 0 bridgehead atoms. The van der Waals surface area contributed by atoms with Crippen molar-refractivity contribution in [1.29, 1.82) is 0 Å².